The first kappa shape index (κ1) is 24.4. The SMILES string of the molecule is CCCC(CCCCCCC(=O)On1c(O)cc(S(=O)(=O)O)c1O)N1C(=O)C=CC1=O. The molecule has 1 aromatic heterocycles. The van der Waals surface area contributed by atoms with E-state index in [1.165, 1.54) is 17.1 Å². The number of imide groups is 1. The molecule has 1 aromatic rings. The summed E-state index contributed by atoms with van der Waals surface area (Å²) in [6, 6.07) is 0.400. The molecule has 0 aromatic carbocycles. The average Bonchev–Trinajstić information content (AvgIpc) is 3.16. The number of aromatic nitrogens is 1. The summed E-state index contributed by atoms with van der Waals surface area (Å²) in [6.07, 6.45) is 7.34. The fraction of sp³-hybridized carbons (Fsp3) is 0.526. The van der Waals surface area contributed by atoms with Gasteiger partial charge >= 0.3 is 5.97 Å². The molecule has 0 aliphatic carbocycles. The van der Waals surface area contributed by atoms with Crippen LogP contribution in [0, 0.1) is 0 Å². The molecule has 172 valence electrons. The van der Waals surface area contributed by atoms with Gasteiger partial charge in [0.15, 0.2) is 4.90 Å². The van der Waals surface area contributed by atoms with E-state index in [-0.39, 0.29) is 29.0 Å². The maximum Gasteiger partial charge on any atom is 0.333 e. The van der Waals surface area contributed by atoms with Crippen LogP contribution in [0.2, 0.25) is 0 Å². The molecule has 0 saturated heterocycles. The molecule has 2 amide bonds. The lowest BCUT2D eigenvalue weighted by atomic mass is 10.0. The van der Waals surface area contributed by atoms with Crippen LogP contribution in [0.4, 0.5) is 0 Å². The third kappa shape index (κ3) is 6.31. The Hall–Kier alpha value is -2.86. The Kier molecular flexibility index (Phi) is 8.22. The summed E-state index contributed by atoms with van der Waals surface area (Å²) < 4.78 is 31.3. The van der Waals surface area contributed by atoms with Crippen molar-refractivity contribution >= 4 is 27.9 Å². The number of aromatic hydroxyl groups is 2. The van der Waals surface area contributed by atoms with E-state index in [9.17, 15) is 33.0 Å². The van der Waals surface area contributed by atoms with Gasteiger partial charge in [-0.1, -0.05) is 32.6 Å². The minimum Gasteiger partial charge on any atom is -0.492 e. The summed E-state index contributed by atoms with van der Waals surface area (Å²) in [5, 5.41) is 19.3. The highest BCUT2D eigenvalue weighted by Crippen LogP contribution is 2.30. The smallest absolute Gasteiger partial charge is 0.333 e. The Morgan fingerprint density at radius 1 is 1.06 bits per heavy atom. The summed E-state index contributed by atoms with van der Waals surface area (Å²) in [5.74, 6) is -3.37. The first-order valence-corrected chi connectivity index (χ1v) is 11.4. The number of hydrogen-bond donors (Lipinski definition) is 3. The quantitative estimate of drug-likeness (QED) is 0.239. The highest BCUT2D eigenvalue weighted by Gasteiger charge is 2.30. The molecule has 2 rings (SSSR count). The number of carbonyl (C=O) groups is 3. The number of amides is 2. The largest absolute Gasteiger partial charge is 0.492 e. The molecule has 1 aliphatic heterocycles. The van der Waals surface area contributed by atoms with Crippen LogP contribution in [0.25, 0.3) is 0 Å². The lowest BCUT2D eigenvalue weighted by molar-refractivity contribution is -0.145. The molecule has 0 radical (unpaired) electrons. The second-order valence-corrected chi connectivity index (χ2v) is 8.59. The van der Waals surface area contributed by atoms with Crippen molar-refractivity contribution in [3.63, 3.8) is 0 Å². The van der Waals surface area contributed by atoms with Crippen LogP contribution in [0.15, 0.2) is 23.1 Å². The van der Waals surface area contributed by atoms with E-state index in [4.69, 9.17) is 9.39 Å². The van der Waals surface area contributed by atoms with E-state index < -0.39 is 32.7 Å². The maximum atomic E-state index is 11.9. The van der Waals surface area contributed by atoms with Gasteiger partial charge in [-0.3, -0.25) is 19.0 Å². The lowest BCUT2D eigenvalue weighted by Crippen LogP contribution is -2.40. The zero-order chi connectivity index (χ0) is 23.2. The van der Waals surface area contributed by atoms with Crippen LogP contribution in [-0.2, 0) is 24.5 Å². The van der Waals surface area contributed by atoms with Crippen molar-refractivity contribution in [2.75, 3.05) is 0 Å². The summed E-state index contributed by atoms with van der Waals surface area (Å²) in [6.45, 7) is 1.98. The van der Waals surface area contributed by atoms with Crippen LogP contribution in [0.5, 0.6) is 11.8 Å². The van der Waals surface area contributed by atoms with Crippen LogP contribution in [0.1, 0.15) is 58.3 Å². The van der Waals surface area contributed by atoms with Gasteiger partial charge in [-0.25, -0.2) is 4.79 Å². The highest BCUT2D eigenvalue weighted by atomic mass is 32.2. The minimum absolute atomic E-state index is 0.0519. The van der Waals surface area contributed by atoms with Crippen LogP contribution < -0.4 is 4.84 Å². The second kappa shape index (κ2) is 10.4. The van der Waals surface area contributed by atoms with Crippen LogP contribution in [0.3, 0.4) is 0 Å². The molecule has 0 bridgehead atoms. The van der Waals surface area contributed by atoms with E-state index in [0.29, 0.717) is 25.3 Å². The number of nitrogens with zero attached hydrogens (tertiary/aromatic N) is 2. The van der Waals surface area contributed by atoms with Crippen molar-refractivity contribution in [3.05, 3.63) is 18.2 Å². The standard InChI is InChI=1S/C19H26N2O9S/c1-2-7-13(20-15(22)10-11-16(20)23)8-5-3-4-6-9-18(25)30-21-17(24)12-14(19(21)26)31(27,28)29/h10-13,24,26H,2-9H2,1H3,(H,27,28,29). The van der Waals surface area contributed by atoms with Gasteiger partial charge in [-0.15, -0.1) is 4.73 Å². The van der Waals surface area contributed by atoms with E-state index in [1.807, 2.05) is 6.92 Å². The molecule has 1 aliphatic rings. The van der Waals surface area contributed by atoms with Crippen molar-refractivity contribution in [2.45, 2.75) is 69.2 Å². The van der Waals surface area contributed by atoms with Gasteiger partial charge in [0, 0.05) is 30.7 Å². The van der Waals surface area contributed by atoms with E-state index in [1.54, 1.807) is 0 Å². The summed E-state index contributed by atoms with van der Waals surface area (Å²) in [4.78, 5) is 40.6. The monoisotopic (exact) mass is 458 g/mol. The predicted octanol–water partition coefficient (Wildman–Crippen LogP) is 1.54. The molecule has 0 saturated carbocycles. The van der Waals surface area contributed by atoms with E-state index in [0.717, 1.165) is 25.7 Å². The number of carbonyl (C=O) groups excluding carboxylic acids is 3. The molecule has 1 atom stereocenters. The Morgan fingerprint density at radius 2 is 1.68 bits per heavy atom. The van der Waals surface area contributed by atoms with Gasteiger partial charge in [0.1, 0.15) is 0 Å². The van der Waals surface area contributed by atoms with Crippen molar-refractivity contribution in [3.8, 4) is 11.8 Å². The first-order chi connectivity index (χ1) is 14.6. The van der Waals surface area contributed by atoms with Gasteiger partial charge in [0.05, 0.1) is 0 Å². The Bertz CT molecular complexity index is 947. The molecule has 3 N–H and O–H groups in total. The topological polar surface area (TPSA) is 163 Å². The fourth-order valence-electron chi connectivity index (χ4n) is 3.39. The molecule has 0 spiro atoms. The predicted molar refractivity (Wildman–Crippen MR) is 107 cm³/mol. The summed E-state index contributed by atoms with van der Waals surface area (Å²) in [7, 11) is -4.79. The van der Waals surface area contributed by atoms with Crippen molar-refractivity contribution in [1.82, 2.24) is 9.63 Å². The zero-order valence-electron chi connectivity index (χ0n) is 17.1. The average molecular weight is 458 g/mol. The van der Waals surface area contributed by atoms with Crippen molar-refractivity contribution in [1.29, 1.82) is 0 Å². The number of unbranched alkanes of at least 4 members (excludes halogenated alkanes) is 3. The van der Waals surface area contributed by atoms with Gasteiger partial charge < -0.3 is 15.1 Å². The van der Waals surface area contributed by atoms with Gasteiger partial charge in [0.25, 0.3) is 27.8 Å². The highest BCUT2D eigenvalue weighted by molar-refractivity contribution is 7.86. The molecule has 12 heteroatoms. The first-order valence-electron chi connectivity index (χ1n) is 9.93. The number of rotatable bonds is 12. The summed E-state index contributed by atoms with van der Waals surface area (Å²) in [5.41, 5.74) is 0. The Morgan fingerprint density at radius 3 is 2.23 bits per heavy atom. The van der Waals surface area contributed by atoms with Crippen LogP contribution >= 0.6 is 0 Å². The third-order valence-electron chi connectivity index (χ3n) is 4.85. The van der Waals surface area contributed by atoms with Crippen LogP contribution in [-0.4, -0.2) is 56.6 Å². The van der Waals surface area contributed by atoms with Crippen molar-refractivity contribution < 1.29 is 42.4 Å². The molecule has 1 unspecified atom stereocenters. The normalized spacial score (nSPS) is 15.0. The third-order valence-corrected chi connectivity index (χ3v) is 5.71. The molecule has 0 fully saturated rings. The lowest BCUT2D eigenvalue weighted by Gasteiger charge is -2.25. The Balaban J connectivity index is 1.74. The van der Waals surface area contributed by atoms with Crippen molar-refractivity contribution in [2.24, 2.45) is 0 Å². The van der Waals surface area contributed by atoms with Gasteiger partial charge in [-0.05, 0) is 19.3 Å². The minimum atomic E-state index is -4.79. The van der Waals surface area contributed by atoms with Gasteiger partial charge in [-0.2, -0.15) is 8.42 Å². The molecule has 2 heterocycles. The Labute approximate surface area is 179 Å². The molecular weight excluding hydrogens is 432 g/mol. The second-order valence-electron chi connectivity index (χ2n) is 7.20. The van der Waals surface area contributed by atoms with Gasteiger partial charge in [0.2, 0.25) is 5.88 Å². The fourth-order valence-corrected chi connectivity index (χ4v) is 3.95. The molecular formula is C19H26N2O9S. The number of hydrogen-bond acceptors (Lipinski definition) is 8. The molecule has 31 heavy (non-hydrogen) atoms. The summed E-state index contributed by atoms with van der Waals surface area (Å²) >= 11 is 0. The maximum absolute atomic E-state index is 11.9. The van der Waals surface area contributed by atoms with E-state index in [2.05, 4.69) is 0 Å². The molecule has 11 nitrogen and oxygen atoms in total. The van der Waals surface area contributed by atoms with E-state index >= 15 is 0 Å². The zero-order valence-corrected chi connectivity index (χ0v) is 17.9.